The van der Waals surface area contributed by atoms with Crippen LogP contribution in [0, 0.1) is 0 Å². The maximum Gasteiger partial charge on any atom is 0.331 e. The van der Waals surface area contributed by atoms with E-state index in [-0.39, 0.29) is 17.2 Å². The van der Waals surface area contributed by atoms with Crippen LogP contribution in [-0.4, -0.2) is 66.4 Å². The van der Waals surface area contributed by atoms with Crippen molar-refractivity contribution in [2.45, 2.75) is 39.3 Å². The summed E-state index contributed by atoms with van der Waals surface area (Å²) in [5, 5.41) is 0.558. The number of methoxy groups -OCH3 is 1. The lowest BCUT2D eigenvalue weighted by Crippen LogP contribution is -2.49. The molecule has 0 saturated carbocycles. The number of aromatic nitrogens is 2. The van der Waals surface area contributed by atoms with Gasteiger partial charge in [-0.05, 0) is 43.5 Å². The standard InChI is InChI=1S/C28H36N4O5/c1-22(33)37-21-9-3-8-14-31-24-11-5-4-10-23(24)27(34)32(28(31)35)20-17-29-15-18-30(19-16-29)25-12-6-7-13-26(25)36-2/h4-7,10-13H,3,8-9,14-21H2,1-2H3. The number of para-hydroxylation sites is 3. The van der Waals surface area contributed by atoms with Crippen LogP contribution in [0.4, 0.5) is 5.69 Å². The lowest BCUT2D eigenvalue weighted by Gasteiger charge is -2.36. The van der Waals surface area contributed by atoms with Crippen LogP contribution in [0.15, 0.2) is 58.1 Å². The van der Waals surface area contributed by atoms with Crippen molar-refractivity contribution in [3.63, 3.8) is 0 Å². The van der Waals surface area contributed by atoms with Crippen LogP contribution in [0.1, 0.15) is 26.2 Å². The first-order chi connectivity index (χ1) is 18.0. The summed E-state index contributed by atoms with van der Waals surface area (Å²) < 4.78 is 13.6. The number of rotatable bonds is 11. The minimum atomic E-state index is -0.282. The molecule has 0 spiro atoms. The summed E-state index contributed by atoms with van der Waals surface area (Å²) in [6.07, 6.45) is 2.32. The molecule has 2 heterocycles. The van der Waals surface area contributed by atoms with Gasteiger partial charge in [-0.25, -0.2) is 4.79 Å². The molecule has 1 saturated heterocycles. The van der Waals surface area contributed by atoms with Gasteiger partial charge in [0.2, 0.25) is 0 Å². The van der Waals surface area contributed by atoms with Gasteiger partial charge in [-0.3, -0.25) is 23.6 Å². The highest BCUT2D eigenvalue weighted by Gasteiger charge is 2.20. The number of benzene rings is 2. The summed E-state index contributed by atoms with van der Waals surface area (Å²) >= 11 is 0. The van der Waals surface area contributed by atoms with E-state index < -0.39 is 0 Å². The Morgan fingerprint density at radius 1 is 0.838 bits per heavy atom. The topological polar surface area (TPSA) is 86.0 Å². The zero-order valence-corrected chi connectivity index (χ0v) is 21.7. The summed E-state index contributed by atoms with van der Waals surface area (Å²) in [5.41, 5.74) is 1.25. The number of piperazine rings is 1. The molecule has 37 heavy (non-hydrogen) atoms. The van der Waals surface area contributed by atoms with Crippen molar-refractivity contribution in [3.8, 4) is 5.75 Å². The highest BCUT2D eigenvalue weighted by atomic mass is 16.5. The second-order valence-electron chi connectivity index (χ2n) is 9.31. The van der Waals surface area contributed by atoms with Crippen LogP contribution in [0.25, 0.3) is 10.9 Å². The Hall–Kier alpha value is -3.59. The van der Waals surface area contributed by atoms with Crippen LogP contribution in [0.2, 0.25) is 0 Å². The van der Waals surface area contributed by atoms with Gasteiger partial charge >= 0.3 is 11.7 Å². The molecule has 3 aromatic rings. The fraction of sp³-hybridized carbons (Fsp3) is 0.464. The molecule has 4 rings (SSSR count). The molecule has 0 bridgehead atoms. The largest absolute Gasteiger partial charge is 0.495 e. The number of carbonyl (C=O) groups is 1. The van der Waals surface area contributed by atoms with Gasteiger partial charge < -0.3 is 14.4 Å². The minimum absolute atomic E-state index is 0.237. The van der Waals surface area contributed by atoms with E-state index in [2.05, 4.69) is 15.9 Å². The summed E-state index contributed by atoms with van der Waals surface area (Å²) in [4.78, 5) is 42.2. The van der Waals surface area contributed by atoms with Crippen LogP contribution in [0.3, 0.4) is 0 Å². The highest BCUT2D eigenvalue weighted by molar-refractivity contribution is 5.77. The van der Waals surface area contributed by atoms with Gasteiger partial charge in [-0.1, -0.05) is 24.3 Å². The zero-order chi connectivity index (χ0) is 26.2. The van der Waals surface area contributed by atoms with E-state index in [1.54, 1.807) is 17.7 Å². The quantitative estimate of drug-likeness (QED) is 0.291. The Morgan fingerprint density at radius 2 is 1.57 bits per heavy atom. The summed E-state index contributed by atoms with van der Waals surface area (Å²) in [5.74, 6) is 0.584. The van der Waals surface area contributed by atoms with Gasteiger partial charge in [0.05, 0.1) is 30.3 Å². The SMILES string of the molecule is COc1ccccc1N1CCN(CCn2c(=O)c3ccccc3n(CCCCCOC(C)=O)c2=O)CC1. The van der Waals surface area contributed by atoms with Crippen molar-refractivity contribution in [1.82, 2.24) is 14.0 Å². The number of carbonyl (C=O) groups excluding carboxylic acids is 1. The van der Waals surface area contributed by atoms with Crippen LogP contribution < -0.4 is 20.9 Å². The van der Waals surface area contributed by atoms with Gasteiger partial charge in [0.1, 0.15) is 5.75 Å². The first-order valence-electron chi connectivity index (χ1n) is 13.0. The Labute approximate surface area is 216 Å². The summed E-state index contributed by atoms with van der Waals surface area (Å²) in [6.45, 7) is 6.67. The van der Waals surface area contributed by atoms with E-state index in [0.717, 1.165) is 56.9 Å². The monoisotopic (exact) mass is 508 g/mol. The predicted octanol–water partition coefficient (Wildman–Crippen LogP) is 2.73. The Kier molecular flexibility index (Phi) is 9.00. The molecule has 198 valence electrons. The molecule has 9 nitrogen and oxygen atoms in total. The van der Waals surface area contributed by atoms with Crippen molar-refractivity contribution in [2.75, 3.05) is 51.3 Å². The van der Waals surface area contributed by atoms with Crippen LogP contribution in [0.5, 0.6) is 5.75 Å². The van der Waals surface area contributed by atoms with Gasteiger partial charge in [-0.2, -0.15) is 0 Å². The molecule has 1 aliphatic heterocycles. The third kappa shape index (κ3) is 6.40. The third-order valence-corrected chi connectivity index (χ3v) is 6.90. The fourth-order valence-electron chi connectivity index (χ4n) is 4.89. The number of nitrogens with zero attached hydrogens (tertiary/aromatic N) is 4. The Morgan fingerprint density at radius 3 is 2.32 bits per heavy atom. The molecule has 0 amide bonds. The number of ether oxygens (including phenoxy) is 2. The molecule has 0 aliphatic carbocycles. The first-order valence-corrected chi connectivity index (χ1v) is 13.0. The third-order valence-electron chi connectivity index (χ3n) is 6.90. The molecule has 9 heteroatoms. The van der Waals surface area contributed by atoms with Gasteiger partial charge in [0.15, 0.2) is 0 Å². The van der Waals surface area contributed by atoms with Crippen molar-refractivity contribution in [1.29, 1.82) is 0 Å². The van der Waals surface area contributed by atoms with Gasteiger partial charge in [-0.15, -0.1) is 0 Å². The number of hydrogen-bond acceptors (Lipinski definition) is 7. The second-order valence-corrected chi connectivity index (χ2v) is 9.31. The lowest BCUT2D eigenvalue weighted by molar-refractivity contribution is -0.141. The van der Waals surface area contributed by atoms with Crippen molar-refractivity contribution in [2.24, 2.45) is 0 Å². The molecular weight excluding hydrogens is 472 g/mol. The van der Waals surface area contributed by atoms with Crippen LogP contribution in [-0.2, 0) is 22.6 Å². The molecule has 1 aliphatic rings. The number of aryl methyl sites for hydroxylation is 1. The van der Waals surface area contributed by atoms with E-state index >= 15 is 0 Å². The molecule has 0 atom stereocenters. The average molecular weight is 509 g/mol. The van der Waals surface area contributed by atoms with E-state index in [1.807, 2.05) is 36.4 Å². The molecule has 0 radical (unpaired) electrons. The predicted molar refractivity (Wildman–Crippen MR) is 145 cm³/mol. The van der Waals surface area contributed by atoms with E-state index in [9.17, 15) is 14.4 Å². The number of esters is 1. The van der Waals surface area contributed by atoms with Gasteiger partial charge in [0.25, 0.3) is 5.56 Å². The minimum Gasteiger partial charge on any atom is -0.495 e. The number of anilines is 1. The van der Waals surface area contributed by atoms with Crippen LogP contribution >= 0.6 is 0 Å². The maximum absolute atomic E-state index is 13.4. The molecule has 0 unspecified atom stereocenters. The lowest BCUT2D eigenvalue weighted by atomic mass is 10.2. The van der Waals surface area contributed by atoms with Crippen molar-refractivity contribution < 1.29 is 14.3 Å². The van der Waals surface area contributed by atoms with E-state index in [1.165, 1.54) is 11.5 Å². The molecule has 2 aromatic carbocycles. The highest BCUT2D eigenvalue weighted by Crippen LogP contribution is 2.28. The van der Waals surface area contributed by atoms with Crippen molar-refractivity contribution >= 4 is 22.6 Å². The molecular formula is C28H36N4O5. The molecule has 1 aromatic heterocycles. The Bertz CT molecular complexity index is 1320. The van der Waals surface area contributed by atoms with E-state index in [0.29, 0.717) is 37.1 Å². The van der Waals surface area contributed by atoms with Gasteiger partial charge in [0, 0.05) is 52.7 Å². The zero-order valence-electron chi connectivity index (χ0n) is 21.7. The average Bonchev–Trinajstić information content (AvgIpc) is 2.92. The molecule has 0 N–H and O–H groups in total. The number of hydrogen-bond donors (Lipinski definition) is 0. The van der Waals surface area contributed by atoms with Crippen molar-refractivity contribution in [3.05, 3.63) is 69.4 Å². The maximum atomic E-state index is 13.4. The summed E-state index contributed by atoms with van der Waals surface area (Å²) in [6, 6.07) is 15.3. The number of unbranched alkanes of at least 4 members (excludes halogenated alkanes) is 2. The fourth-order valence-corrected chi connectivity index (χ4v) is 4.89. The smallest absolute Gasteiger partial charge is 0.331 e. The Balaban J connectivity index is 1.42. The normalized spacial score (nSPS) is 14.2. The second kappa shape index (κ2) is 12.6. The van der Waals surface area contributed by atoms with E-state index in [4.69, 9.17) is 9.47 Å². The summed E-state index contributed by atoms with van der Waals surface area (Å²) in [7, 11) is 1.69. The number of fused-ring (bicyclic) bond motifs is 1. The molecule has 1 fully saturated rings. The first kappa shape index (κ1) is 26.5.